The summed E-state index contributed by atoms with van der Waals surface area (Å²) in [5.74, 6) is 0.311. The van der Waals surface area contributed by atoms with Gasteiger partial charge in [0.1, 0.15) is 0 Å². The topological polar surface area (TPSA) is 54.5 Å². The highest BCUT2D eigenvalue weighted by Gasteiger charge is 2.26. The summed E-state index contributed by atoms with van der Waals surface area (Å²) in [6.45, 7) is 6.81. The second-order valence-electron chi connectivity index (χ2n) is 7.35. The fraction of sp³-hybridized carbons (Fsp3) is 0.381. The monoisotopic (exact) mass is 371 g/mol. The van der Waals surface area contributed by atoms with E-state index in [1.165, 1.54) is 17.2 Å². The lowest BCUT2D eigenvalue weighted by Crippen LogP contribution is -2.36. The van der Waals surface area contributed by atoms with Crippen LogP contribution in [0.15, 0.2) is 41.3 Å². The zero-order valence-electron chi connectivity index (χ0n) is 15.7. The first-order valence-electron chi connectivity index (χ1n) is 8.94. The van der Waals surface area contributed by atoms with Gasteiger partial charge in [0.2, 0.25) is 0 Å². The van der Waals surface area contributed by atoms with Crippen molar-refractivity contribution in [1.29, 1.82) is 0 Å². The van der Waals surface area contributed by atoms with Crippen LogP contribution in [0.2, 0.25) is 0 Å². The van der Waals surface area contributed by atoms with E-state index in [1.807, 2.05) is 13.0 Å². The summed E-state index contributed by atoms with van der Waals surface area (Å²) >= 11 is 0. The molecule has 0 saturated heterocycles. The molecule has 0 aromatic heterocycles. The first-order chi connectivity index (χ1) is 12.2. The normalized spacial score (nSPS) is 14.4. The molecule has 0 unspecified atom stereocenters. The van der Waals surface area contributed by atoms with Gasteiger partial charge >= 0.3 is 0 Å². The maximum Gasteiger partial charge on any atom is 0.258 e. The van der Waals surface area contributed by atoms with Crippen molar-refractivity contribution in [3.8, 4) is 0 Å². The predicted molar refractivity (Wildman–Crippen MR) is 105 cm³/mol. The Bertz CT molecular complexity index is 961. The van der Waals surface area contributed by atoms with Gasteiger partial charge in [-0.25, -0.2) is 8.42 Å². The molecule has 2 aromatic rings. The first-order valence-corrected chi connectivity index (χ1v) is 10.8. The summed E-state index contributed by atoms with van der Waals surface area (Å²) in [5, 5.41) is 0. The van der Waals surface area contributed by atoms with Gasteiger partial charge < -0.3 is 4.90 Å². The number of carbonyl (C=O) groups is 1. The van der Waals surface area contributed by atoms with E-state index in [4.69, 9.17) is 0 Å². The molecule has 0 bridgehead atoms. The van der Waals surface area contributed by atoms with Gasteiger partial charge in [-0.1, -0.05) is 32.0 Å². The molecule has 5 heteroatoms. The average molecular weight is 372 g/mol. The number of anilines is 1. The Morgan fingerprint density at radius 2 is 1.85 bits per heavy atom. The van der Waals surface area contributed by atoms with Crippen molar-refractivity contribution in [3.05, 3.63) is 58.7 Å². The average Bonchev–Trinajstić information content (AvgIpc) is 2.59. The number of sulfone groups is 1. The van der Waals surface area contributed by atoms with Crippen molar-refractivity contribution in [3.63, 3.8) is 0 Å². The highest BCUT2D eigenvalue weighted by molar-refractivity contribution is 7.90. The summed E-state index contributed by atoms with van der Waals surface area (Å²) in [6.07, 6.45) is 3.03. The Morgan fingerprint density at radius 1 is 1.12 bits per heavy atom. The summed E-state index contributed by atoms with van der Waals surface area (Å²) in [5.41, 5.74) is 4.64. The van der Waals surface area contributed by atoms with Gasteiger partial charge in [0.05, 0.1) is 4.90 Å². The summed E-state index contributed by atoms with van der Waals surface area (Å²) in [4.78, 5) is 15.2. The number of carbonyl (C=O) groups excluding carboxylic acids is 1. The van der Waals surface area contributed by atoms with Crippen LogP contribution in [0, 0.1) is 6.92 Å². The molecule has 0 spiro atoms. The minimum absolute atomic E-state index is 0.133. The van der Waals surface area contributed by atoms with Gasteiger partial charge in [-0.05, 0) is 60.6 Å². The van der Waals surface area contributed by atoms with Crippen molar-refractivity contribution in [2.45, 2.75) is 44.4 Å². The maximum absolute atomic E-state index is 13.2. The maximum atomic E-state index is 13.2. The number of amides is 1. The van der Waals surface area contributed by atoms with E-state index < -0.39 is 9.84 Å². The van der Waals surface area contributed by atoms with E-state index in [2.05, 4.69) is 26.0 Å². The third kappa shape index (κ3) is 3.54. The molecular formula is C21H25NO3S. The second-order valence-corrected chi connectivity index (χ2v) is 9.37. The first kappa shape index (κ1) is 18.6. The molecule has 3 rings (SSSR count). The number of rotatable bonds is 3. The molecular weight excluding hydrogens is 346 g/mol. The van der Waals surface area contributed by atoms with Crippen LogP contribution in [-0.4, -0.2) is 27.1 Å². The van der Waals surface area contributed by atoms with Crippen molar-refractivity contribution in [2.75, 3.05) is 17.7 Å². The largest absolute Gasteiger partial charge is 0.308 e. The van der Waals surface area contributed by atoms with Crippen molar-refractivity contribution in [1.82, 2.24) is 0 Å². The van der Waals surface area contributed by atoms with Crippen LogP contribution >= 0.6 is 0 Å². The lowest BCUT2D eigenvalue weighted by molar-refractivity contribution is 0.0984. The molecule has 0 fully saturated rings. The van der Waals surface area contributed by atoms with E-state index in [0.717, 1.165) is 30.3 Å². The fourth-order valence-electron chi connectivity index (χ4n) is 3.39. The number of hydrogen-bond acceptors (Lipinski definition) is 3. The number of aryl methyl sites for hydroxylation is 2. The molecule has 1 aliphatic heterocycles. The van der Waals surface area contributed by atoms with Crippen LogP contribution in [0.25, 0.3) is 0 Å². The molecule has 1 aliphatic rings. The molecule has 0 atom stereocenters. The molecule has 4 nitrogen and oxygen atoms in total. The second kappa shape index (κ2) is 6.88. The van der Waals surface area contributed by atoms with Gasteiger partial charge in [-0.2, -0.15) is 0 Å². The lowest BCUT2D eigenvalue weighted by Gasteiger charge is -2.31. The third-order valence-electron chi connectivity index (χ3n) is 5.00. The van der Waals surface area contributed by atoms with Crippen LogP contribution in [0.1, 0.15) is 53.2 Å². The minimum Gasteiger partial charge on any atom is -0.308 e. The van der Waals surface area contributed by atoms with Crippen molar-refractivity contribution < 1.29 is 13.2 Å². The standard InChI is InChI=1S/C21H25NO3S/c1-14(2)16-8-10-20-17(12-16)6-5-11-22(20)21(23)19-13-18(26(4,24)25)9-7-15(19)3/h7-10,12-14H,5-6,11H2,1-4H3. The SMILES string of the molecule is Cc1ccc(S(C)(=O)=O)cc1C(=O)N1CCCc2cc(C(C)C)ccc21. The van der Waals surface area contributed by atoms with E-state index in [0.29, 0.717) is 18.0 Å². The molecule has 0 saturated carbocycles. The highest BCUT2D eigenvalue weighted by Crippen LogP contribution is 2.32. The molecule has 0 radical (unpaired) electrons. The van der Waals surface area contributed by atoms with Crippen molar-refractivity contribution in [2.24, 2.45) is 0 Å². The van der Waals surface area contributed by atoms with Crippen LogP contribution in [0.3, 0.4) is 0 Å². The number of benzene rings is 2. The Labute approximate surface area is 155 Å². The smallest absolute Gasteiger partial charge is 0.258 e. The number of hydrogen-bond donors (Lipinski definition) is 0. The zero-order chi connectivity index (χ0) is 19.1. The van der Waals surface area contributed by atoms with Crippen LogP contribution in [0.5, 0.6) is 0 Å². The lowest BCUT2D eigenvalue weighted by atomic mass is 9.94. The van der Waals surface area contributed by atoms with Crippen LogP contribution in [-0.2, 0) is 16.3 Å². The Balaban J connectivity index is 2.03. The predicted octanol–water partition coefficient (Wildman–Crippen LogP) is 4.11. The molecule has 1 heterocycles. The van der Waals surface area contributed by atoms with E-state index in [1.54, 1.807) is 17.0 Å². The quantitative estimate of drug-likeness (QED) is 0.816. The molecule has 0 N–H and O–H groups in total. The highest BCUT2D eigenvalue weighted by atomic mass is 32.2. The fourth-order valence-corrected chi connectivity index (χ4v) is 4.04. The Morgan fingerprint density at radius 3 is 2.50 bits per heavy atom. The molecule has 0 aliphatic carbocycles. The number of nitrogens with zero attached hydrogens (tertiary/aromatic N) is 1. The van der Waals surface area contributed by atoms with Crippen molar-refractivity contribution >= 4 is 21.4 Å². The van der Waals surface area contributed by atoms with Gasteiger partial charge in [0, 0.05) is 24.1 Å². The zero-order valence-corrected chi connectivity index (χ0v) is 16.6. The summed E-state index contributed by atoms with van der Waals surface area (Å²) in [7, 11) is -3.35. The Hall–Kier alpha value is -2.14. The molecule has 1 amide bonds. The third-order valence-corrected chi connectivity index (χ3v) is 6.11. The minimum atomic E-state index is -3.35. The van der Waals surface area contributed by atoms with Gasteiger partial charge in [-0.15, -0.1) is 0 Å². The van der Waals surface area contributed by atoms with E-state index in [-0.39, 0.29) is 10.8 Å². The summed E-state index contributed by atoms with van der Waals surface area (Å²) < 4.78 is 23.7. The van der Waals surface area contributed by atoms with Crippen LogP contribution in [0.4, 0.5) is 5.69 Å². The summed E-state index contributed by atoms with van der Waals surface area (Å²) in [6, 6.07) is 11.1. The van der Waals surface area contributed by atoms with E-state index >= 15 is 0 Å². The molecule has 26 heavy (non-hydrogen) atoms. The number of fused-ring (bicyclic) bond motifs is 1. The van der Waals surface area contributed by atoms with Gasteiger partial charge in [0.25, 0.3) is 5.91 Å². The van der Waals surface area contributed by atoms with Crippen LogP contribution < -0.4 is 4.90 Å². The van der Waals surface area contributed by atoms with Gasteiger partial charge in [0.15, 0.2) is 9.84 Å². The molecule has 138 valence electrons. The van der Waals surface area contributed by atoms with Gasteiger partial charge in [-0.3, -0.25) is 4.79 Å². The van der Waals surface area contributed by atoms with E-state index in [9.17, 15) is 13.2 Å². The Kier molecular flexibility index (Phi) is 4.93. The molecule has 2 aromatic carbocycles.